The second-order valence-electron chi connectivity index (χ2n) is 5.87. The van der Waals surface area contributed by atoms with Crippen LogP contribution in [0.1, 0.15) is 44.0 Å². The summed E-state index contributed by atoms with van der Waals surface area (Å²) in [5.74, 6) is -0.215. The van der Waals surface area contributed by atoms with Crippen LogP contribution in [0.4, 0.5) is 0 Å². The van der Waals surface area contributed by atoms with Crippen molar-refractivity contribution in [2.45, 2.75) is 45.6 Å². The van der Waals surface area contributed by atoms with E-state index in [1.54, 1.807) is 0 Å². The number of nitrogens with zero attached hydrogens (tertiary/aromatic N) is 2. The van der Waals surface area contributed by atoms with Crippen molar-refractivity contribution < 1.29 is 9.90 Å². The van der Waals surface area contributed by atoms with Gasteiger partial charge in [0.15, 0.2) is 0 Å². The molecule has 2 rings (SSSR count). The average molecular weight is 314 g/mol. The van der Waals surface area contributed by atoms with Crippen LogP contribution < -0.4 is 5.32 Å². The second kappa shape index (κ2) is 7.27. The molecule has 118 valence electrons. The molecule has 0 atom stereocenters. The molecular formula is C15H24ClN3O2. The van der Waals surface area contributed by atoms with Crippen LogP contribution >= 0.6 is 11.6 Å². The molecule has 0 aliphatic heterocycles. The van der Waals surface area contributed by atoms with Crippen LogP contribution in [-0.2, 0) is 24.8 Å². The van der Waals surface area contributed by atoms with Crippen LogP contribution in [0, 0.1) is 11.8 Å². The van der Waals surface area contributed by atoms with Gasteiger partial charge >= 0.3 is 5.97 Å². The molecule has 5 nitrogen and oxygen atoms in total. The predicted molar refractivity (Wildman–Crippen MR) is 82.4 cm³/mol. The first kappa shape index (κ1) is 16.3. The number of halogens is 1. The lowest BCUT2D eigenvalue weighted by Gasteiger charge is -2.26. The third-order valence-electron chi connectivity index (χ3n) is 4.42. The van der Waals surface area contributed by atoms with E-state index in [2.05, 4.69) is 10.4 Å². The Bertz CT molecular complexity index is 493. The molecule has 1 aliphatic rings. The van der Waals surface area contributed by atoms with Gasteiger partial charge in [0.2, 0.25) is 0 Å². The van der Waals surface area contributed by atoms with E-state index < -0.39 is 5.97 Å². The monoisotopic (exact) mass is 313 g/mol. The highest BCUT2D eigenvalue weighted by Crippen LogP contribution is 2.28. The van der Waals surface area contributed by atoms with Gasteiger partial charge in [-0.05, 0) is 44.6 Å². The molecule has 2 N–H and O–H groups in total. The molecule has 0 unspecified atom stereocenters. The lowest BCUT2D eigenvalue weighted by molar-refractivity contribution is -0.143. The highest BCUT2D eigenvalue weighted by Gasteiger charge is 2.25. The van der Waals surface area contributed by atoms with Crippen LogP contribution in [0.25, 0.3) is 0 Å². The Morgan fingerprint density at radius 3 is 2.62 bits per heavy atom. The highest BCUT2D eigenvalue weighted by molar-refractivity contribution is 6.31. The van der Waals surface area contributed by atoms with Crippen molar-refractivity contribution in [3.05, 3.63) is 16.4 Å². The Labute approximate surface area is 130 Å². The van der Waals surface area contributed by atoms with Gasteiger partial charge in [0.05, 0.1) is 22.3 Å². The molecule has 1 heterocycles. The van der Waals surface area contributed by atoms with Crippen molar-refractivity contribution in [1.29, 1.82) is 0 Å². The summed E-state index contributed by atoms with van der Waals surface area (Å²) in [5.41, 5.74) is 1.96. The number of carboxylic acid groups (broad SMARTS) is 1. The fourth-order valence-corrected chi connectivity index (χ4v) is 3.38. The average Bonchev–Trinajstić information content (AvgIpc) is 2.75. The lowest BCUT2D eigenvalue weighted by Crippen LogP contribution is -2.29. The summed E-state index contributed by atoms with van der Waals surface area (Å²) in [7, 11) is 1.92. The number of hydrogen-bond donors (Lipinski definition) is 2. The van der Waals surface area contributed by atoms with E-state index in [4.69, 9.17) is 16.7 Å². The first-order chi connectivity index (χ1) is 10.0. The summed E-state index contributed by atoms with van der Waals surface area (Å²) < 4.78 is 1.84. The number of carbonyl (C=O) groups is 1. The van der Waals surface area contributed by atoms with E-state index in [9.17, 15) is 4.79 Å². The van der Waals surface area contributed by atoms with Gasteiger partial charge in [0, 0.05) is 13.6 Å². The quantitative estimate of drug-likeness (QED) is 0.847. The maximum Gasteiger partial charge on any atom is 0.306 e. The fraction of sp³-hybridized carbons (Fsp3) is 0.733. The number of hydrogen-bond acceptors (Lipinski definition) is 3. The number of nitrogens with one attached hydrogen (secondary N) is 1. The molecular weight excluding hydrogens is 290 g/mol. The number of aromatic nitrogens is 2. The summed E-state index contributed by atoms with van der Waals surface area (Å²) in [6.45, 7) is 3.67. The van der Waals surface area contributed by atoms with Gasteiger partial charge in [-0.25, -0.2) is 0 Å². The van der Waals surface area contributed by atoms with Crippen molar-refractivity contribution in [2.24, 2.45) is 18.9 Å². The molecule has 1 aliphatic carbocycles. The van der Waals surface area contributed by atoms with E-state index in [1.165, 1.54) is 0 Å². The van der Waals surface area contributed by atoms with Gasteiger partial charge in [-0.3, -0.25) is 9.48 Å². The van der Waals surface area contributed by atoms with Crippen molar-refractivity contribution in [1.82, 2.24) is 15.1 Å². The molecule has 6 heteroatoms. The predicted octanol–water partition coefficient (Wildman–Crippen LogP) is 2.62. The minimum atomic E-state index is -0.643. The summed E-state index contributed by atoms with van der Waals surface area (Å²) in [4.78, 5) is 10.9. The van der Waals surface area contributed by atoms with Gasteiger partial charge in [-0.2, -0.15) is 5.10 Å². The topological polar surface area (TPSA) is 67.2 Å². The largest absolute Gasteiger partial charge is 0.481 e. The van der Waals surface area contributed by atoms with E-state index in [0.717, 1.165) is 55.1 Å². The Kier molecular flexibility index (Phi) is 5.65. The van der Waals surface area contributed by atoms with Crippen LogP contribution in [-0.4, -0.2) is 27.4 Å². The minimum Gasteiger partial charge on any atom is -0.481 e. The lowest BCUT2D eigenvalue weighted by atomic mass is 9.82. The molecule has 0 bridgehead atoms. The van der Waals surface area contributed by atoms with Gasteiger partial charge in [-0.15, -0.1) is 0 Å². The van der Waals surface area contributed by atoms with Gasteiger partial charge in [0.1, 0.15) is 0 Å². The fourth-order valence-electron chi connectivity index (χ4n) is 3.02. The summed E-state index contributed by atoms with van der Waals surface area (Å²) in [6, 6.07) is 0. The van der Waals surface area contributed by atoms with E-state index in [1.807, 2.05) is 18.7 Å². The molecule has 1 saturated carbocycles. The van der Waals surface area contributed by atoms with Crippen molar-refractivity contribution in [3.8, 4) is 0 Å². The number of carboxylic acids is 1. The van der Waals surface area contributed by atoms with Crippen LogP contribution in [0.5, 0.6) is 0 Å². The molecule has 1 fully saturated rings. The SMILES string of the molecule is CCc1nn(C)c(CNCC2CCC(C(=O)O)CC2)c1Cl. The van der Waals surface area contributed by atoms with Crippen molar-refractivity contribution in [2.75, 3.05) is 6.54 Å². The molecule has 0 aromatic carbocycles. The molecule has 0 spiro atoms. The second-order valence-corrected chi connectivity index (χ2v) is 6.25. The van der Waals surface area contributed by atoms with Crippen LogP contribution in [0.3, 0.4) is 0 Å². The zero-order valence-electron chi connectivity index (χ0n) is 12.7. The van der Waals surface area contributed by atoms with Crippen LogP contribution in [0.2, 0.25) is 5.02 Å². The Hall–Kier alpha value is -1.07. The zero-order chi connectivity index (χ0) is 15.4. The van der Waals surface area contributed by atoms with Crippen LogP contribution in [0.15, 0.2) is 0 Å². The molecule has 1 aromatic rings. The Balaban J connectivity index is 1.78. The van der Waals surface area contributed by atoms with Crippen molar-refractivity contribution in [3.63, 3.8) is 0 Å². The third-order valence-corrected chi connectivity index (χ3v) is 4.86. The summed E-state index contributed by atoms with van der Waals surface area (Å²) >= 11 is 6.32. The first-order valence-electron chi connectivity index (χ1n) is 7.66. The molecule has 0 saturated heterocycles. The first-order valence-corrected chi connectivity index (χ1v) is 8.04. The molecule has 1 aromatic heterocycles. The van der Waals surface area contributed by atoms with Gasteiger partial charge in [-0.1, -0.05) is 18.5 Å². The maximum absolute atomic E-state index is 10.9. The van der Waals surface area contributed by atoms with E-state index >= 15 is 0 Å². The molecule has 0 radical (unpaired) electrons. The number of rotatable bonds is 6. The zero-order valence-corrected chi connectivity index (χ0v) is 13.5. The minimum absolute atomic E-state index is 0.139. The Morgan fingerprint density at radius 1 is 1.43 bits per heavy atom. The Morgan fingerprint density at radius 2 is 2.10 bits per heavy atom. The van der Waals surface area contributed by atoms with Crippen molar-refractivity contribution >= 4 is 17.6 Å². The maximum atomic E-state index is 10.9. The molecule has 0 amide bonds. The van der Waals surface area contributed by atoms with E-state index in [-0.39, 0.29) is 5.92 Å². The highest BCUT2D eigenvalue weighted by atomic mass is 35.5. The standard InChI is InChI=1S/C15H24ClN3O2/c1-3-12-14(16)13(19(2)18-12)9-17-8-10-4-6-11(7-5-10)15(20)21/h10-11,17H,3-9H2,1-2H3,(H,20,21). The molecule has 21 heavy (non-hydrogen) atoms. The third kappa shape index (κ3) is 3.98. The summed E-state index contributed by atoms with van der Waals surface area (Å²) in [5, 5.41) is 17.6. The number of aliphatic carboxylic acids is 1. The van der Waals surface area contributed by atoms with Gasteiger partial charge in [0.25, 0.3) is 0 Å². The van der Waals surface area contributed by atoms with E-state index in [0.29, 0.717) is 12.5 Å². The van der Waals surface area contributed by atoms with Gasteiger partial charge < -0.3 is 10.4 Å². The normalized spacial score (nSPS) is 22.4. The summed E-state index contributed by atoms with van der Waals surface area (Å²) in [6.07, 6.45) is 4.42. The number of aryl methyl sites for hydroxylation is 2. The smallest absolute Gasteiger partial charge is 0.306 e.